The van der Waals surface area contributed by atoms with Gasteiger partial charge >= 0.3 is 0 Å². The summed E-state index contributed by atoms with van der Waals surface area (Å²) in [5.41, 5.74) is 2.35. The highest BCUT2D eigenvalue weighted by Gasteiger charge is 2.35. The largest absolute Gasteiger partial charge is 0.307 e. The molecule has 1 fully saturated rings. The summed E-state index contributed by atoms with van der Waals surface area (Å²) < 4.78 is 27.8. The summed E-state index contributed by atoms with van der Waals surface area (Å²) in [6, 6.07) is 1.51. The molecule has 2 unspecified atom stereocenters. The molecule has 0 bridgehead atoms. The minimum Gasteiger partial charge on any atom is -0.307 e. The Morgan fingerprint density at radius 2 is 2.20 bits per heavy atom. The van der Waals surface area contributed by atoms with Gasteiger partial charge in [-0.25, -0.2) is 19.2 Å². The quantitative estimate of drug-likeness (QED) is 0.633. The van der Waals surface area contributed by atoms with Crippen LogP contribution in [-0.4, -0.2) is 30.3 Å². The standard InChI is InChI=1S/C12H19BrN4O2S/c1-8-3-4-17(9(2)5-8)20(18,19)11-6-10(13)7-15-12(11)16-14/h6-9H,3-5,14H2,1-2H3,(H,15,16). The topological polar surface area (TPSA) is 88.3 Å². The fraction of sp³-hybridized carbons (Fsp3) is 0.583. The van der Waals surface area contributed by atoms with Crippen LogP contribution < -0.4 is 11.3 Å². The summed E-state index contributed by atoms with van der Waals surface area (Å²) in [6.07, 6.45) is 3.25. The molecule has 1 aliphatic heterocycles. The van der Waals surface area contributed by atoms with Crippen LogP contribution in [0.15, 0.2) is 21.6 Å². The van der Waals surface area contributed by atoms with Gasteiger partial charge in [0.25, 0.3) is 0 Å². The van der Waals surface area contributed by atoms with E-state index < -0.39 is 10.0 Å². The van der Waals surface area contributed by atoms with Gasteiger partial charge in [0.1, 0.15) is 4.90 Å². The van der Waals surface area contributed by atoms with E-state index in [1.807, 2.05) is 6.92 Å². The number of halogens is 1. The Bertz CT molecular complexity index is 593. The van der Waals surface area contributed by atoms with Crippen molar-refractivity contribution >= 4 is 31.8 Å². The lowest BCUT2D eigenvalue weighted by molar-refractivity contribution is 0.220. The van der Waals surface area contributed by atoms with Crippen molar-refractivity contribution in [2.75, 3.05) is 12.0 Å². The number of nitrogen functional groups attached to an aromatic ring is 1. The van der Waals surface area contributed by atoms with E-state index in [9.17, 15) is 8.42 Å². The normalized spacial score (nSPS) is 24.6. The Hall–Kier alpha value is -0.700. The molecule has 1 aromatic rings. The van der Waals surface area contributed by atoms with Gasteiger partial charge in [0.2, 0.25) is 10.0 Å². The van der Waals surface area contributed by atoms with Crippen LogP contribution in [0, 0.1) is 5.92 Å². The lowest BCUT2D eigenvalue weighted by Crippen LogP contribution is -2.44. The second-order valence-corrected chi connectivity index (χ2v) is 8.01. The zero-order valence-corrected chi connectivity index (χ0v) is 13.9. The summed E-state index contributed by atoms with van der Waals surface area (Å²) in [4.78, 5) is 4.12. The van der Waals surface area contributed by atoms with Gasteiger partial charge in [-0.05, 0) is 47.7 Å². The second kappa shape index (κ2) is 5.97. The van der Waals surface area contributed by atoms with Crippen molar-refractivity contribution in [2.24, 2.45) is 11.8 Å². The molecular formula is C12H19BrN4O2S. The van der Waals surface area contributed by atoms with Gasteiger partial charge in [-0.2, -0.15) is 4.31 Å². The summed E-state index contributed by atoms with van der Waals surface area (Å²) in [5, 5.41) is 0. The number of nitrogens with zero attached hydrogens (tertiary/aromatic N) is 2. The first-order valence-electron chi connectivity index (χ1n) is 6.50. The first-order chi connectivity index (χ1) is 9.36. The summed E-state index contributed by atoms with van der Waals surface area (Å²) in [6.45, 7) is 4.61. The Morgan fingerprint density at radius 3 is 2.80 bits per heavy atom. The maximum Gasteiger partial charge on any atom is 0.247 e. The molecule has 1 saturated heterocycles. The van der Waals surface area contributed by atoms with Crippen molar-refractivity contribution in [3.63, 3.8) is 0 Å². The Labute approximate surface area is 127 Å². The Kier molecular flexibility index (Phi) is 4.68. The number of piperidine rings is 1. The number of sulfonamides is 1. The van der Waals surface area contributed by atoms with Gasteiger partial charge in [0.15, 0.2) is 5.82 Å². The Balaban J connectivity index is 2.42. The molecule has 8 heteroatoms. The summed E-state index contributed by atoms with van der Waals surface area (Å²) in [7, 11) is -3.60. The van der Waals surface area contributed by atoms with Gasteiger partial charge in [-0.15, -0.1) is 0 Å². The molecule has 0 radical (unpaired) electrons. The van der Waals surface area contributed by atoms with Crippen molar-refractivity contribution in [2.45, 2.75) is 37.6 Å². The van der Waals surface area contributed by atoms with Crippen LogP contribution in [0.1, 0.15) is 26.7 Å². The van der Waals surface area contributed by atoms with Gasteiger partial charge < -0.3 is 5.43 Å². The van der Waals surface area contributed by atoms with E-state index in [1.165, 1.54) is 16.6 Å². The van der Waals surface area contributed by atoms with E-state index in [2.05, 4.69) is 33.3 Å². The highest BCUT2D eigenvalue weighted by atomic mass is 79.9. The summed E-state index contributed by atoms with van der Waals surface area (Å²) >= 11 is 3.25. The second-order valence-electron chi connectivity index (χ2n) is 5.24. The third-order valence-corrected chi connectivity index (χ3v) is 6.08. The highest BCUT2D eigenvalue weighted by molar-refractivity contribution is 9.10. The van der Waals surface area contributed by atoms with Gasteiger partial charge in [-0.1, -0.05) is 6.92 Å². The number of hydrogen-bond acceptors (Lipinski definition) is 5. The number of hydrazine groups is 1. The molecule has 0 saturated carbocycles. The number of nitrogens with two attached hydrogens (primary N) is 1. The zero-order chi connectivity index (χ0) is 14.9. The van der Waals surface area contributed by atoms with Crippen LogP contribution in [0.3, 0.4) is 0 Å². The number of pyridine rings is 1. The van der Waals surface area contributed by atoms with Crippen molar-refractivity contribution in [1.82, 2.24) is 9.29 Å². The van der Waals surface area contributed by atoms with Crippen molar-refractivity contribution in [1.29, 1.82) is 0 Å². The average molecular weight is 363 g/mol. The maximum atomic E-state index is 12.8. The van der Waals surface area contributed by atoms with Gasteiger partial charge in [0, 0.05) is 23.3 Å². The van der Waals surface area contributed by atoms with E-state index >= 15 is 0 Å². The average Bonchev–Trinajstić information content (AvgIpc) is 2.38. The van der Waals surface area contributed by atoms with Crippen LogP contribution in [0.4, 0.5) is 5.82 Å². The van der Waals surface area contributed by atoms with Crippen molar-refractivity contribution in [3.8, 4) is 0 Å². The van der Waals surface area contributed by atoms with Crippen LogP contribution in [0.5, 0.6) is 0 Å². The molecular weight excluding hydrogens is 344 g/mol. The SMILES string of the molecule is CC1CCN(S(=O)(=O)c2cc(Br)cnc2NN)C(C)C1. The van der Waals surface area contributed by atoms with E-state index in [4.69, 9.17) is 5.84 Å². The van der Waals surface area contributed by atoms with Crippen molar-refractivity contribution < 1.29 is 8.42 Å². The minimum atomic E-state index is -3.60. The fourth-order valence-corrected chi connectivity index (χ4v) is 4.87. The molecule has 0 spiro atoms. The van der Waals surface area contributed by atoms with Gasteiger partial charge in [-0.3, -0.25) is 0 Å². The monoisotopic (exact) mass is 362 g/mol. The van der Waals surface area contributed by atoms with Gasteiger partial charge in [0.05, 0.1) is 0 Å². The lowest BCUT2D eigenvalue weighted by Gasteiger charge is -2.35. The first-order valence-corrected chi connectivity index (χ1v) is 8.73. The number of aromatic nitrogens is 1. The predicted molar refractivity (Wildman–Crippen MR) is 81.5 cm³/mol. The fourth-order valence-electron chi connectivity index (χ4n) is 2.59. The van der Waals surface area contributed by atoms with Crippen LogP contribution in [0.25, 0.3) is 0 Å². The number of hydrogen-bond donors (Lipinski definition) is 2. The number of rotatable bonds is 3. The molecule has 6 nitrogen and oxygen atoms in total. The molecule has 0 amide bonds. The van der Waals surface area contributed by atoms with E-state index in [0.29, 0.717) is 16.9 Å². The molecule has 2 heterocycles. The van der Waals surface area contributed by atoms with Crippen molar-refractivity contribution in [3.05, 3.63) is 16.7 Å². The lowest BCUT2D eigenvalue weighted by atomic mass is 9.95. The molecule has 2 rings (SSSR count). The van der Waals surface area contributed by atoms with Crippen LogP contribution in [-0.2, 0) is 10.0 Å². The maximum absolute atomic E-state index is 12.8. The third-order valence-electron chi connectivity index (χ3n) is 3.62. The molecule has 2 atom stereocenters. The molecule has 1 aliphatic rings. The molecule has 0 aliphatic carbocycles. The molecule has 0 aromatic carbocycles. The Morgan fingerprint density at radius 1 is 1.50 bits per heavy atom. The third kappa shape index (κ3) is 2.98. The number of nitrogens with one attached hydrogen (secondary N) is 1. The first kappa shape index (κ1) is 15.7. The number of anilines is 1. The minimum absolute atomic E-state index is 0.0200. The molecule has 112 valence electrons. The summed E-state index contributed by atoms with van der Waals surface area (Å²) in [5.74, 6) is 6.08. The highest BCUT2D eigenvalue weighted by Crippen LogP contribution is 2.31. The van der Waals surface area contributed by atoms with Crippen LogP contribution >= 0.6 is 15.9 Å². The predicted octanol–water partition coefficient (Wildman–Crippen LogP) is 1.94. The molecule has 3 N–H and O–H groups in total. The molecule has 1 aromatic heterocycles. The molecule has 20 heavy (non-hydrogen) atoms. The van der Waals surface area contributed by atoms with E-state index in [-0.39, 0.29) is 16.8 Å². The van der Waals surface area contributed by atoms with Crippen LogP contribution in [0.2, 0.25) is 0 Å². The zero-order valence-electron chi connectivity index (χ0n) is 11.5. The van der Waals surface area contributed by atoms with E-state index in [1.54, 1.807) is 0 Å². The van der Waals surface area contributed by atoms with E-state index in [0.717, 1.165) is 12.8 Å². The smallest absolute Gasteiger partial charge is 0.247 e.